The predicted molar refractivity (Wildman–Crippen MR) is 78.5 cm³/mol. The third-order valence-electron chi connectivity index (χ3n) is 2.50. The Morgan fingerprint density at radius 2 is 2.00 bits per heavy atom. The van der Waals surface area contributed by atoms with E-state index < -0.39 is 0 Å². The van der Waals surface area contributed by atoms with Crippen LogP contribution in [0.5, 0.6) is 5.88 Å². The zero-order valence-corrected chi connectivity index (χ0v) is 12.5. The van der Waals surface area contributed by atoms with Crippen molar-refractivity contribution in [1.82, 2.24) is 9.97 Å². The van der Waals surface area contributed by atoms with Crippen LogP contribution in [0.3, 0.4) is 0 Å². The standard InChI is InChI=1S/C14H26N4O/c1-11(2)10-18(7-5-6-15)13-8-16-9-14(17-13)19-12(3)4/h8-9,11-12H,5-7,10,15H2,1-4H3. The van der Waals surface area contributed by atoms with Gasteiger partial charge in [-0.05, 0) is 32.7 Å². The molecule has 0 aliphatic rings. The van der Waals surface area contributed by atoms with Crippen molar-refractivity contribution < 1.29 is 4.74 Å². The minimum Gasteiger partial charge on any atom is -0.474 e. The van der Waals surface area contributed by atoms with E-state index in [1.54, 1.807) is 12.4 Å². The summed E-state index contributed by atoms with van der Waals surface area (Å²) in [6.07, 6.45) is 4.49. The number of aromatic nitrogens is 2. The summed E-state index contributed by atoms with van der Waals surface area (Å²) in [6, 6.07) is 0. The van der Waals surface area contributed by atoms with E-state index in [0.717, 1.165) is 25.3 Å². The van der Waals surface area contributed by atoms with Gasteiger partial charge in [0.1, 0.15) is 0 Å². The van der Waals surface area contributed by atoms with Gasteiger partial charge in [0.05, 0.1) is 18.5 Å². The van der Waals surface area contributed by atoms with Crippen molar-refractivity contribution in [3.63, 3.8) is 0 Å². The van der Waals surface area contributed by atoms with Crippen molar-refractivity contribution in [3.05, 3.63) is 12.4 Å². The minimum absolute atomic E-state index is 0.104. The zero-order valence-electron chi connectivity index (χ0n) is 12.5. The molecule has 0 aliphatic heterocycles. The molecule has 0 fully saturated rings. The normalized spacial score (nSPS) is 11.1. The Morgan fingerprint density at radius 1 is 1.26 bits per heavy atom. The summed E-state index contributed by atoms with van der Waals surface area (Å²) in [7, 11) is 0. The molecule has 0 bridgehead atoms. The van der Waals surface area contributed by atoms with E-state index >= 15 is 0 Å². The summed E-state index contributed by atoms with van der Waals surface area (Å²) in [5.74, 6) is 2.00. The molecule has 0 atom stereocenters. The first-order valence-corrected chi connectivity index (χ1v) is 6.96. The van der Waals surface area contributed by atoms with Crippen LogP contribution < -0.4 is 15.4 Å². The van der Waals surface area contributed by atoms with Crippen LogP contribution in [0.2, 0.25) is 0 Å². The molecule has 5 heteroatoms. The lowest BCUT2D eigenvalue weighted by Crippen LogP contribution is -2.31. The highest BCUT2D eigenvalue weighted by molar-refractivity contribution is 5.37. The Hall–Kier alpha value is -1.36. The number of anilines is 1. The third-order valence-corrected chi connectivity index (χ3v) is 2.50. The van der Waals surface area contributed by atoms with Gasteiger partial charge in [0.25, 0.3) is 0 Å². The molecule has 0 aliphatic carbocycles. The second-order valence-electron chi connectivity index (χ2n) is 5.36. The lowest BCUT2D eigenvalue weighted by atomic mass is 10.2. The van der Waals surface area contributed by atoms with E-state index in [9.17, 15) is 0 Å². The van der Waals surface area contributed by atoms with Crippen LogP contribution in [0.1, 0.15) is 34.1 Å². The fraction of sp³-hybridized carbons (Fsp3) is 0.714. The lowest BCUT2D eigenvalue weighted by Gasteiger charge is -2.25. The Morgan fingerprint density at radius 3 is 2.58 bits per heavy atom. The summed E-state index contributed by atoms with van der Waals surface area (Å²) in [5.41, 5.74) is 5.59. The molecule has 1 rings (SSSR count). The van der Waals surface area contributed by atoms with Gasteiger partial charge < -0.3 is 15.4 Å². The number of nitrogens with two attached hydrogens (primary N) is 1. The Labute approximate surface area is 116 Å². The molecule has 1 aromatic heterocycles. The Bertz CT molecular complexity index is 368. The van der Waals surface area contributed by atoms with Crippen molar-refractivity contribution in [2.45, 2.75) is 40.2 Å². The van der Waals surface area contributed by atoms with E-state index in [1.165, 1.54) is 0 Å². The second kappa shape index (κ2) is 7.94. The third kappa shape index (κ3) is 5.87. The quantitative estimate of drug-likeness (QED) is 0.780. The van der Waals surface area contributed by atoms with Crippen LogP contribution in [0.15, 0.2) is 12.4 Å². The van der Waals surface area contributed by atoms with Crippen LogP contribution >= 0.6 is 0 Å². The van der Waals surface area contributed by atoms with Gasteiger partial charge in [0.2, 0.25) is 5.88 Å². The molecule has 1 aromatic rings. The van der Waals surface area contributed by atoms with E-state index in [4.69, 9.17) is 10.5 Å². The minimum atomic E-state index is 0.104. The zero-order chi connectivity index (χ0) is 14.3. The van der Waals surface area contributed by atoms with Crippen molar-refractivity contribution in [3.8, 4) is 5.88 Å². The van der Waals surface area contributed by atoms with E-state index in [-0.39, 0.29) is 6.10 Å². The molecule has 0 amide bonds. The molecule has 19 heavy (non-hydrogen) atoms. The molecular formula is C14H26N4O. The largest absolute Gasteiger partial charge is 0.474 e. The first-order valence-electron chi connectivity index (χ1n) is 6.96. The summed E-state index contributed by atoms with van der Waals surface area (Å²) < 4.78 is 5.59. The van der Waals surface area contributed by atoms with Gasteiger partial charge in [-0.15, -0.1) is 0 Å². The summed E-state index contributed by atoms with van der Waals surface area (Å²) >= 11 is 0. The first-order chi connectivity index (χ1) is 9.02. The van der Waals surface area contributed by atoms with Crippen LogP contribution in [0.25, 0.3) is 0 Å². The summed E-state index contributed by atoms with van der Waals surface area (Å²) in [5, 5.41) is 0. The average molecular weight is 266 g/mol. The molecule has 108 valence electrons. The predicted octanol–water partition coefficient (Wildman–Crippen LogP) is 2.08. The number of ether oxygens (including phenoxy) is 1. The Balaban J connectivity index is 2.81. The first kappa shape index (κ1) is 15.7. The molecule has 0 radical (unpaired) electrons. The monoisotopic (exact) mass is 266 g/mol. The molecule has 2 N–H and O–H groups in total. The van der Waals surface area contributed by atoms with E-state index in [0.29, 0.717) is 18.3 Å². The molecular weight excluding hydrogens is 240 g/mol. The fourth-order valence-electron chi connectivity index (χ4n) is 1.81. The maximum Gasteiger partial charge on any atom is 0.234 e. The molecule has 5 nitrogen and oxygen atoms in total. The van der Waals surface area contributed by atoms with Crippen molar-refractivity contribution in [2.75, 3.05) is 24.5 Å². The number of nitrogens with zero attached hydrogens (tertiary/aromatic N) is 3. The van der Waals surface area contributed by atoms with Crippen LogP contribution in [0, 0.1) is 5.92 Å². The number of hydrogen-bond acceptors (Lipinski definition) is 5. The van der Waals surface area contributed by atoms with Gasteiger partial charge in [-0.1, -0.05) is 13.8 Å². The van der Waals surface area contributed by atoms with Gasteiger partial charge in [0.15, 0.2) is 5.82 Å². The van der Waals surface area contributed by atoms with Crippen molar-refractivity contribution >= 4 is 5.82 Å². The molecule has 0 saturated carbocycles. The maximum absolute atomic E-state index is 5.59. The highest BCUT2D eigenvalue weighted by Gasteiger charge is 2.11. The number of hydrogen-bond donors (Lipinski definition) is 1. The maximum atomic E-state index is 5.59. The number of rotatable bonds is 8. The van der Waals surface area contributed by atoms with Crippen LogP contribution in [-0.4, -0.2) is 35.7 Å². The smallest absolute Gasteiger partial charge is 0.234 e. The second-order valence-corrected chi connectivity index (χ2v) is 5.36. The molecule has 0 aromatic carbocycles. The Kier molecular flexibility index (Phi) is 6.56. The van der Waals surface area contributed by atoms with Crippen molar-refractivity contribution in [2.24, 2.45) is 11.7 Å². The van der Waals surface area contributed by atoms with Crippen LogP contribution in [0.4, 0.5) is 5.82 Å². The van der Waals surface area contributed by atoms with Gasteiger partial charge in [-0.2, -0.15) is 4.98 Å². The summed E-state index contributed by atoms with van der Waals surface area (Å²) in [6.45, 7) is 10.9. The van der Waals surface area contributed by atoms with Gasteiger partial charge in [0, 0.05) is 13.1 Å². The van der Waals surface area contributed by atoms with Gasteiger partial charge >= 0.3 is 0 Å². The van der Waals surface area contributed by atoms with Crippen molar-refractivity contribution in [1.29, 1.82) is 0 Å². The fourth-order valence-corrected chi connectivity index (χ4v) is 1.81. The van der Waals surface area contributed by atoms with E-state index in [1.807, 2.05) is 13.8 Å². The topological polar surface area (TPSA) is 64.3 Å². The van der Waals surface area contributed by atoms with E-state index in [2.05, 4.69) is 28.7 Å². The lowest BCUT2D eigenvalue weighted by molar-refractivity contribution is 0.231. The highest BCUT2D eigenvalue weighted by Crippen LogP contribution is 2.16. The molecule has 0 spiro atoms. The SMILES string of the molecule is CC(C)CN(CCCN)c1cncc(OC(C)C)n1. The van der Waals surface area contributed by atoms with Crippen LogP contribution in [-0.2, 0) is 0 Å². The molecule has 0 unspecified atom stereocenters. The average Bonchev–Trinajstić information content (AvgIpc) is 2.33. The summed E-state index contributed by atoms with van der Waals surface area (Å²) in [4.78, 5) is 11.0. The highest BCUT2D eigenvalue weighted by atomic mass is 16.5. The van der Waals surface area contributed by atoms with Gasteiger partial charge in [-0.3, -0.25) is 4.98 Å². The van der Waals surface area contributed by atoms with Gasteiger partial charge in [-0.25, -0.2) is 0 Å². The molecule has 1 heterocycles. The molecule has 0 saturated heterocycles.